The molecule has 0 aromatic heterocycles. The van der Waals surface area contributed by atoms with Crippen molar-refractivity contribution in [2.75, 3.05) is 11.9 Å². The lowest BCUT2D eigenvalue weighted by Crippen LogP contribution is -2.53. The predicted molar refractivity (Wildman–Crippen MR) is 89.9 cm³/mol. The van der Waals surface area contributed by atoms with Gasteiger partial charge in [0.25, 0.3) is 11.8 Å². The molecule has 0 spiro atoms. The molecule has 128 valence electrons. The molecule has 4 rings (SSSR count). The fraction of sp³-hybridized carbons (Fsp3) is 0.556. The molecule has 24 heavy (non-hydrogen) atoms. The average molecular weight is 329 g/mol. The molecule has 6 nitrogen and oxygen atoms in total. The molecule has 4 N–H and O–H groups in total. The lowest BCUT2D eigenvalue weighted by atomic mass is 9.67. The van der Waals surface area contributed by atoms with Gasteiger partial charge in [-0.25, -0.2) is 0 Å². The Balaban J connectivity index is 1.49. The van der Waals surface area contributed by atoms with Crippen molar-refractivity contribution in [3.63, 3.8) is 0 Å². The minimum Gasteiger partial charge on any atom is -0.482 e. The molecule has 2 fully saturated rings. The van der Waals surface area contributed by atoms with E-state index in [9.17, 15) is 9.59 Å². The van der Waals surface area contributed by atoms with Crippen LogP contribution in [0.4, 0.5) is 5.69 Å². The second-order valence-corrected chi connectivity index (χ2v) is 7.23. The molecule has 1 aromatic rings. The van der Waals surface area contributed by atoms with Gasteiger partial charge in [-0.1, -0.05) is 6.42 Å². The number of carbonyl (C=O) groups excluding carboxylic acids is 2. The summed E-state index contributed by atoms with van der Waals surface area (Å²) in [6.45, 7) is -0.0112. The van der Waals surface area contributed by atoms with E-state index in [0.717, 1.165) is 25.7 Å². The first-order valence-corrected chi connectivity index (χ1v) is 8.73. The smallest absolute Gasteiger partial charge is 0.262 e. The van der Waals surface area contributed by atoms with Gasteiger partial charge < -0.3 is 21.1 Å². The fourth-order valence-corrected chi connectivity index (χ4v) is 4.48. The number of ether oxygens (including phenoxy) is 1. The van der Waals surface area contributed by atoms with Crippen molar-refractivity contribution in [3.05, 3.63) is 23.8 Å². The van der Waals surface area contributed by atoms with Gasteiger partial charge in [0.15, 0.2) is 6.61 Å². The van der Waals surface area contributed by atoms with Gasteiger partial charge >= 0.3 is 0 Å². The maximum absolute atomic E-state index is 12.7. The van der Waals surface area contributed by atoms with Gasteiger partial charge in [0.05, 0.1) is 5.69 Å². The van der Waals surface area contributed by atoms with Crippen LogP contribution in [-0.4, -0.2) is 30.5 Å². The van der Waals surface area contributed by atoms with Crippen molar-refractivity contribution < 1.29 is 14.3 Å². The number of amides is 2. The molecule has 2 bridgehead atoms. The summed E-state index contributed by atoms with van der Waals surface area (Å²) >= 11 is 0. The largest absolute Gasteiger partial charge is 0.482 e. The highest BCUT2D eigenvalue weighted by molar-refractivity contribution is 5.99. The molecule has 3 aliphatic rings. The average Bonchev–Trinajstić information content (AvgIpc) is 2.55. The van der Waals surface area contributed by atoms with Crippen LogP contribution in [0.1, 0.15) is 42.5 Å². The number of carbonyl (C=O) groups is 2. The monoisotopic (exact) mass is 329 g/mol. The standard InChI is InChI=1S/C18H23N3O3/c19-13-6-10-2-1-3-11(7-13)17(10)21-18(23)12-4-5-14-15(8-12)24-9-16(22)20-14/h4-5,8,10-11,13,17H,1-3,6-7,9,19H2,(H,20,22)(H,21,23). The first kappa shape index (κ1) is 15.4. The molecular formula is C18H23N3O3. The van der Waals surface area contributed by atoms with Crippen molar-refractivity contribution in [1.29, 1.82) is 0 Å². The van der Waals surface area contributed by atoms with Crippen LogP contribution in [-0.2, 0) is 4.79 Å². The van der Waals surface area contributed by atoms with Crippen LogP contribution in [0.15, 0.2) is 18.2 Å². The summed E-state index contributed by atoms with van der Waals surface area (Å²) in [4.78, 5) is 24.0. The Labute approximate surface area is 141 Å². The maximum atomic E-state index is 12.7. The van der Waals surface area contributed by atoms with Crippen molar-refractivity contribution >= 4 is 17.5 Å². The number of fused-ring (bicyclic) bond motifs is 3. The zero-order valence-electron chi connectivity index (χ0n) is 13.6. The van der Waals surface area contributed by atoms with Gasteiger partial charge in [-0.3, -0.25) is 9.59 Å². The minimum absolute atomic E-state index is 0.0112. The number of rotatable bonds is 2. The number of anilines is 1. The van der Waals surface area contributed by atoms with Crippen molar-refractivity contribution in [3.8, 4) is 5.75 Å². The van der Waals surface area contributed by atoms with Crippen LogP contribution in [0.25, 0.3) is 0 Å². The van der Waals surface area contributed by atoms with E-state index in [1.54, 1.807) is 18.2 Å². The molecule has 1 aromatic carbocycles. The van der Waals surface area contributed by atoms with E-state index in [4.69, 9.17) is 10.5 Å². The van der Waals surface area contributed by atoms with E-state index in [2.05, 4.69) is 10.6 Å². The zero-order valence-corrected chi connectivity index (χ0v) is 13.6. The summed E-state index contributed by atoms with van der Waals surface area (Å²) in [5, 5.41) is 5.97. The van der Waals surface area contributed by atoms with E-state index in [1.165, 1.54) is 6.42 Å². The minimum atomic E-state index is -0.175. The lowest BCUT2D eigenvalue weighted by molar-refractivity contribution is -0.118. The number of hydrogen-bond acceptors (Lipinski definition) is 4. The Morgan fingerprint density at radius 3 is 2.75 bits per heavy atom. The van der Waals surface area contributed by atoms with Crippen LogP contribution in [0, 0.1) is 11.8 Å². The van der Waals surface area contributed by atoms with Gasteiger partial charge in [-0.2, -0.15) is 0 Å². The first-order chi connectivity index (χ1) is 11.6. The maximum Gasteiger partial charge on any atom is 0.262 e. The van der Waals surface area contributed by atoms with E-state index in [1.807, 2.05) is 0 Å². The first-order valence-electron chi connectivity index (χ1n) is 8.73. The summed E-state index contributed by atoms with van der Waals surface area (Å²) in [6, 6.07) is 5.65. The Hall–Kier alpha value is -2.08. The number of benzene rings is 1. The van der Waals surface area contributed by atoms with Gasteiger partial charge in [0.1, 0.15) is 5.75 Å². The van der Waals surface area contributed by atoms with E-state index < -0.39 is 0 Å². The van der Waals surface area contributed by atoms with Gasteiger partial charge in [0.2, 0.25) is 0 Å². The molecule has 1 heterocycles. The van der Waals surface area contributed by atoms with Gasteiger partial charge in [-0.05, 0) is 55.7 Å². The molecule has 2 aliphatic carbocycles. The van der Waals surface area contributed by atoms with E-state index in [-0.39, 0.29) is 30.5 Å². The number of nitrogens with two attached hydrogens (primary N) is 1. The Bertz CT molecular complexity index is 661. The van der Waals surface area contributed by atoms with Crippen molar-refractivity contribution in [2.24, 2.45) is 17.6 Å². The third-order valence-electron chi connectivity index (χ3n) is 5.55. The fourth-order valence-electron chi connectivity index (χ4n) is 4.48. The van der Waals surface area contributed by atoms with Crippen LogP contribution in [0.2, 0.25) is 0 Å². The van der Waals surface area contributed by atoms with Crippen molar-refractivity contribution in [1.82, 2.24) is 5.32 Å². The molecule has 6 heteroatoms. The van der Waals surface area contributed by atoms with Crippen LogP contribution >= 0.6 is 0 Å². The highest BCUT2D eigenvalue weighted by Gasteiger charge is 2.40. The number of nitrogens with one attached hydrogen (secondary N) is 2. The molecule has 0 radical (unpaired) electrons. The van der Waals surface area contributed by atoms with E-state index in [0.29, 0.717) is 28.8 Å². The van der Waals surface area contributed by atoms with Gasteiger partial charge in [-0.15, -0.1) is 0 Å². The highest BCUT2D eigenvalue weighted by atomic mass is 16.5. The molecule has 2 atom stereocenters. The quantitative estimate of drug-likeness (QED) is 0.769. The third-order valence-corrected chi connectivity index (χ3v) is 5.55. The predicted octanol–water partition coefficient (Wildman–Crippen LogP) is 1.65. The summed E-state index contributed by atoms with van der Waals surface area (Å²) < 4.78 is 5.40. The second kappa shape index (κ2) is 6.09. The molecule has 2 saturated carbocycles. The zero-order chi connectivity index (χ0) is 16.7. The van der Waals surface area contributed by atoms with Crippen LogP contribution in [0.5, 0.6) is 5.75 Å². The highest BCUT2D eigenvalue weighted by Crippen LogP contribution is 2.40. The summed E-state index contributed by atoms with van der Waals surface area (Å²) in [7, 11) is 0. The Morgan fingerprint density at radius 2 is 2.00 bits per heavy atom. The van der Waals surface area contributed by atoms with Crippen LogP contribution in [0.3, 0.4) is 0 Å². The number of hydrogen-bond donors (Lipinski definition) is 3. The Kier molecular flexibility index (Phi) is 3.92. The SMILES string of the molecule is NC1CC2CCCC(C1)C2NC(=O)c1ccc2c(c1)OCC(=O)N2. The topological polar surface area (TPSA) is 93.4 Å². The van der Waals surface area contributed by atoms with Crippen molar-refractivity contribution in [2.45, 2.75) is 44.2 Å². The molecule has 2 unspecified atom stereocenters. The second-order valence-electron chi connectivity index (χ2n) is 7.23. The summed E-state index contributed by atoms with van der Waals surface area (Å²) in [5.41, 5.74) is 7.33. The third kappa shape index (κ3) is 2.86. The molecular weight excluding hydrogens is 306 g/mol. The molecule has 0 saturated heterocycles. The Morgan fingerprint density at radius 1 is 1.25 bits per heavy atom. The summed E-state index contributed by atoms with van der Waals surface area (Å²) in [5.74, 6) is 1.28. The van der Waals surface area contributed by atoms with Crippen LogP contribution < -0.4 is 21.1 Å². The molecule has 2 amide bonds. The molecule has 1 aliphatic heterocycles. The normalized spacial score (nSPS) is 31.5. The summed E-state index contributed by atoms with van der Waals surface area (Å²) in [6.07, 6.45) is 5.53. The van der Waals surface area contributed by atoms with E-state index >= 15 is 0 Å². The lowest BCUT2D eigenvalue weighted by Gasteiger charge is -2.45. The van der Waals surface area contributed by atoms with Gasteiger partial charge in [0, 0.05) is 17.6 Å².